The molecule has 0 saturated carbocycles. The molecule has 4 rings (SSSR count). The van der Waals surface area contributed by atoms with Gasteiger partial charge in [-0.25, -0.2) is 9.18 Å². The van der Waals surface area contributed by atoms with Crippen molar-refractivity contribution < 1.29 is 23.1 Å². The number of nitrogens with zero attached hydrogens (tertiary/aromatic N) is 4. The van der Waals surface area contributed by atoms with Gasteiger partial charge in [0.1, 0.15) is 17.6 Å². The topological polar surface area (TPSA) is 94.2 Å². The predicted molar refractivity (Wildman–Crippen MR) is 100 cm³/mol. The first-order valence-electron chi connectivity index (χ1n) is 9.62. The van der Waals surface area contributed by atoms with E-state index in [2.05, 4.69) is 10.4 Å². The number of carbonyl (C=O) groups is 1. The lowest BCUT2D eigenvalue weighted by atomic mass is 9.96. The van der Waals surface area contributed by atoms with Crippen LogP contribution in [0.25, 0.3) is 0 Å². The molecule has 0 saturated heterocycles. The minimum Gasteiger partial charge on any atom is -0.393 e. The van der Waals surface area contributed by atoms with Gasteiger partial charge >= 0.3 is 6.03 Å². The van der Waals surface area contributed by atoms with E-state index < -0.39 is 30.3 Å². The molecule has 30 heavy (non-hydrogen) atoms. The third-order valence-corrected chi connectivity index (χ3v) is 5.59. The zero-order valence-corrected chi connectivity index (χ0v) is 16.2. The van der Waals surface area contributed by atoms with Crippen molar-refractivity contribution in [3.63, 3.8) is 0 Å². The Labute approximate surface area is 170 Å². The Balaban J connectivity index is 1.61. The largest absolute Gasteiger partial charge is 0.393 e. The number of rotatable bonds is 1. The Kier molecular flexibility index (Phi) is 4.94. The minimum atomic E-state index is -3.25. The molecule has 7 nitrogen and oxygen atoms in total. The van der Waals surface area contributed by atoms with Crippen molar-refractivity contribution in [2.24, 2.45) is 0 Å². The van der Waals surface area contributed by atoms with E-state index >= 15 is 0 Å². The number of aliphatic hydroxyl groups is 1. The number of aromatic nitrogens is 2. The molecule has 2 N–H and O–H groups in total. The Morgan fingerprint density at radius 1 is 1.43 bits per heavy atom. The highest BCUT2D eigenvalue weighted by Crippen LogP contribution is 2.41. The summed E-state index contributed by atoms with van der Waals surface area (Å²) in [6, 6.07) is 4.49. The van der Waals surface area contributed by atoms with Gasteiger partial charge in [-0.15, -0.1) is 0 Å². The number of aryl methyl sites for hydroxylation is 1. The second kappa shape index (κ2) is 7.32. The molecule has 0 bridgehead atoms. The standard InChI is InChI=1S/C20H20F3N5O2/c1-11-6-17-15(18-20(22,23)8-14(29)4-5-28(18)26-17)10-27(11)19(30)25-13-2-3-16(21)12(7-13)9-24/h2-3,7,11,14,29H,4-6,8,10H2,1H3,(H,25,30). The smallest absolute Gasteiger partial charge is 0.322 e. The van der Waals surface area contributed by atoms with Crippen LogP contribution in [0.15, 0.2) is 18.2 Å². The van der Waals surface area contributed by atoms with Crippen molar-refractivity contribution >= 4 is 11.7 Å². The second-order valence-electron chi connectivity index (χ2n) is 7.77. The monoisotopic (exact) mass is 419 g/mol. The number of aliphatic hydroxyl groups excluding tert-OH is 1. The number of fused-ring (bicyclic) bond motifs is 3. The maximum Gasteiger partial charge on any atom is 0.322 e. The Morgan fingerprint density at radius 2 is 2.20 bits per heavy atom. The number of benzene rings is 1. The van der Waals surface area contributed by atoms with Gasteiger partial charge in [0.25, 0.3) is 5.92 Å². The van der Waals surface area contributed by atoms with E-state index in [9.17, 15) is 23.1 Å². The quantitative estimate of drug-likeness (QED) is 0.743. The van der Waals surface area contributed by atoms with Crippen LogP contribution in [0.2, 0.25) is 0 Å². The molecule has 2 atom stereocenters. The van der Waals surface area contributed by atoms with Crippen LogP contribution in [-0.2, 0) is 25.4 Å². The van der Waals surface area contributed by atoms with E-state index in [1.807, 2.05) is 0 Å². The lowest BCUT2D eigenvalue weighted by molar-refractivity contribution is -0.0509. The summed E-state index contributed by atoms with van der Waals surface area (Å²) in [7, 11) is 0. The van der Waals surface area contributed by atoms with Crippen LogP contribution in [0.1, 0.15) is 42.3 Å². The summed E-state index contributed by atoms with van der Waals surface area (Å²) >= 11 is 0. The summed E-state index contributed by atoms with van der Waals surface area (Å²) in [5, 5.41) is 25.7. The zero-order chi connectivity index (χ0) is 21.6. The average Bonchev–Trinajstić information content (AvgIpc) is 2.99. The average molecular weight is 419 g/mol. The minimum absolute atomic E-state index is 0.0599. The SMILES string of the molecule is CC1Cc2nn3c(c2CN1C(=O)Nc1ccc(F)c(C#N)c1)C(F)(F)CC(O)CC3. The van der Waals surface area contributed by atoms with Gasteiger partial charge in [0, 0.05) is 36.7 Å². The van der Waals surface area contributed by atoms with Crippen molar-refractivity contribution in [3.8, 4) is 6.07 Å². The number of amides is 2. The molecule has 3 heterocycles. The number of nitriles is 1. The first-order valence-corrected chi connectivity index (χ1v) is 9.62. The summed E-state index contributed by atoms with van der Waals surface area (Å²) in [4.78, 5) is 14.2. The van der Waals surface area contributed by atoms with E-state index in [4.69, 9.17) is 5.26 Å². The van der Waals surface area contributed by atoms with Gasteiger partial charge in [0.05, 0.1) is 23.9 Å². The molecule has 1 aromatic heterocycles. The van der Waals surface area contributed by atoms with Crippen molar-refractivity contribution in [1.82, 2.24) is 14.7 Å². The molecule has 2 aliphatic rings. The summed E-state index contributed by atoms with van der Waals surface area (Å²) in [5.74, 6) is -3.95. The van der Waals surface area contributed by atoms with Gasteiger partial charge in [0.2, 0.25) is 0 Å². The third kappa shape index (κ3) is 3.50. The molecule has 0 radical (unpaired) electrons. The van der Waals surface area contributed by atoms with Crippen molar-refractivity contribution in [2.75, 3.05) is 5.32 Å². The highest BCUT2D eigenvalue weighted by Gasteiger charge is 2.45. The van der Waals surface area contributed by atoms with Gasteiger partial charge in [-0.2, -0.15) is 19.1 Å². The fraction of sp³-hybridized carbons (Fsp3) is 0.450. The zero-order valence-electron chi connectivity index (χ0n) is 16.2. The van der Waals surface area contributed by atoms with Crippen LogP contribution in [-0.4, -0.2) is 38.0 Å². The van der Waals surface area contributed by atoms with E-state index in [1.165, 1.54) is 21.7 Å². The number of alkyl halides is 2. The predicted octanol–water partition coefficient (Wildman–Crippen LogP) is 3.12. The molecule has 158 valence electrons. The van der Waals surface area contributed by atoms with Gasteiger partial charge < -0.3 is 15.3 Å². The summed E-state index contributed by atoms with van der Waals surface area (Å²) in [6.07, 6.45) is -1.30. The lowest BCUT2D eigenvalue weighted by Gasteiger charge is -2.33. The molecule has 2 unspecified atom stereocenters. The maximum atomic E-state index is 14.8. The Morgan fingerprint density at radius 3 is 2.93 bits per heavy atom. The fourth-order valence-electron chi connectivity index (χ4n) is 4.09. The van der Waals surface area contributed by atoms with Crippen LogP contribution < -0.4 is 5.32 Å². The van der Waals surface area contributed by atoms with Crippen LogP contribution in [0.5, 0.6) is 0 Å². The molecule has 10 heteroatoms. The Hall–Kier alpha value is -3.06. The van der Waals surface area contributed by atoms with E-state index in [-0.39, 0.29) is 42.5 Å². The molecule has 0 spiro atoms. The van der Waals surface area contributed by atoms with Crippen LogP contribution >= 0.6 is 0 Å². The number of anilines is 1. The molecule has 0 fully saturated rings. The van der Waals surface area contributed by atoms with Gasteiger partial charge in [0.15, 0.2) is 0 Å². The first kappa shape index (κ1) is 20.2. The molecular formula is C20H20F3N5O2. The number of hydrogen-bond donors (Lipinski definition) is 2. The third-order valence-electron chi connectivity index (χ3n) is 5.59. The highest BCUT2D eigenvalue weighted by molar-refractivity contribution is 5.90. The summed E-state index contributed by atoms with van der Waals surface area (Å²) in [6.45, 7) is 1.92. The number of urea groups is 1. The van der Waals surface area contributed by atoms with Crippen LogP contribution in [0.3, 0.4) is 0 Å². The lowest BCUT2D eigenvalue weighted by Crippen LogP contribution is -2.45. The molecule has 1 aromatic carbocycles. The van der Waals surface area contributed by atoms with Gasteiger partial charge in [-0.05, 0) is 31.5 Å². The number of carbonyl (C=O) groups excluding carboxylic acids is 1. The van der Waals surface area contributed by atoms with Crippen LogP contribution in [0.4, 0.5) is 23.7 Å². The van der Waals surface area contributed by atoms with E-state index in [1.54, 1.807) is 13.0 Å². The van der Waals surface area contributed by atoms with Crippen molar-refractivity contribution in [2.45, 2.75) is 57.3 Å². The first-order chi connectivity index (χ1) is 14.2. The summed E-state index contributed by atoms with van der Waals surface area (Å²) in [5.41, 5.74) is 0.623. The normalized spacial score (nSPS) is 22.5. The molecular weight excluding hydrogens is 399 g/mol. The number of halogens is 3. The van der Waals surface area contributed by atoms with Crippen molar-refractivity contribution in [1.29, 1.82) is 5.26 Å². The van der Waals surface area contributed by atoms with Gasteiger partial charge in [-0.1, -0.05) is 0 Å². The van der Waals surface area contributed by atoms with E-state index in [0.717, 1.165) is 6.07 Å². The molecule has 0 aliphatic carbocycles. The Bertz CT molecular complexity index is 1050. The maximum absolute atomic E-state index is 14.8. The molecule has 2 amide bonds. The van der Waals surface area contributed by atoms with Gasteiger partial charge in [-0.3, -0.25) is 4.68 Å². The highest BCUT2D eigenvalue weighted by atomic mass is 19.3. The second-order valence-corrected chi connectivity index (χ2v) is 7.77. The number of nitrogens with one attached hydrogen (secondary N) is 1. The molecule has 2 aromatic rings. The fourth-order valence-corrected chi connectivity index (χ4v) is 4.09. The van der Waals surface area contributed by atoms with Crippen molar-refractivity contribution in [3.05, 3.63) is 46.5 Å². The molecule has 2 aliphatic heterocycles. The van der Waals surface area contributed by atoms with Crippen LogP contribution in [0, 0.1) is 17.1 Å². The van der Waals surface area contributed by atoms with E-state index in [0.29, 0.717) is 17.7 Å². The summed E-state index contributed by atoms with van der Waals surface area (Å²) < 4.78 is 44.4. The number of hydrogen-bond acceptors (Lipinski definition) is 4.